The zero-order valence-electron chi connectivity index (χ0n) is 18.0. The largest absolute Gasteiger partial charge is 0.415 e. The molecule has 0 N–H and O–H groups in total. The van der Waals surface area contributed by atoms with Gasteiger partial charge < -0.3 is 0 Å². The summed E-state index contributed by atoms with van der Waals surface area (Å²) in [7, 11) is -3.20. The normalized spacial score (nSPS) is 23.6. The maximum absolute atomic E-state index is 13.7. The Hall–Kier alpha value is -1.63. The molecule has 0 amide bonds. The minimum absolute atomic E-state index is 0.0162. The second-order valence-electron chi connectivity index (χ2n) is 9.53. The van der Waals surface area contributed by atoms with E-state index in [2.05, 4.69) is 4.99 Å². The standard InChI is InChI=1S/C23H30F3NO2S/c1-15-7-5-6-8-18(15)21-19(23(24,25)26)13-20(27-21)17-11-9-16(10-12-17)14-30(28,29)22(2,3)4/h5-8,16-17H,9-14H2,1-4H3. The van der Waals surface area contributed by atoms with Gasteiger partial charge in [-0.25, -0.2) is 8.42 Å². The number of benzene rings is 1. The van der Waals surface area contributed by atoms with Gasteiger partial charge in [0.05, 0.1) is 21.8 Å². The predicted molar refractivity (Wildman–Crippen MR) is 115 cm³/mol. The summed E-state index contributed by atoms with van der Waals surface area (Å²) in [5, 5.41) is 0. The van der Waals surface area contributed by atoms with Crippen molar-refractivity contribution in [1.82, 2.24) is 0 Å². The van der Waals surface area contributed by atoms with Gasteiger partial charge in [0.25, 0.3) is 0 Å². The first-order valence-corrected chi connectivity index (χ1v) is 12.1. The quantitative estimate of drug-likeness (QED) is 0.564. The van der Waals surface area contributed by atoms with Crippen LogP contribution in [0.4, 0.5) is 13.2 Å². The van der Waals surface area contributed by atoms with E-state index in [0.717, 1.165) is 5.56 Å². The number of alkyl halides is 3. The molecule has 1 saturated carbocycles. The molecular weight excluding hydrogens is 411 g/mol. The maximum atomic E-state index is 13.7. The molecule has 1 aliphatic heterocycles. The van der Waals surface area contributed by atoms with Crippen molar-refractivity contribution >= 4 is 21.2 Å². The molecule has 1 heterocycles. The molecule has 1 aliphatic carbocycles. The number of nitrogens with zero attached hydrogens (tertiary/aromatic N) is 1. The second kappa shape index (κ2) is 8.13. The van der Waals surface area contributed by atoms with Gasteiger partial charge in [0.2, 0.25) is 0 Å². The highest BCUT2D eigenvalue weighted by Gasteiger charge is 2.42. The second-order valence-corrected chi connectivity index (χ2v) is 12.3. The Morgan fingerprint density at radius 2 is 1.63 bits per heavy atom. The number of allylic oxidation sites excluding steroid dienone is 1. The highest BCUT2D eigenvalue weighted by atomic mass is 32.2. The third-order valence-electron chi connectivity index (χ3n) is 6.35. The zero-order valence-corrected chi connectivity index (χ0v) is 18.8. The van der Waals surface area contributed by atoms with Crippen LogP contribution in [-0.2, 0) is 9.84 Å². The molecule has 1 aromatic rings. The Labute approximate surface area is 177 Å². The maximum Gasteiger partial charge on any atom is 0.415 e. The van der Waals surface area contributed by atoms with Crippen molar-refractivity contribution in [3.8, 4) is 0 Å². The van der Waals surface area contributed by atoms with E-state index in [1.807, 2.05) is 0 Å². The van der Waals surface area contributed by atoms with Crippen molar-refractivity contribution in [2.45, 2.75) is 70.7 Å². The molecule has 0 aromatic heterocycles. The van der Waals surface area contributed by atoms with Gasteiger partial charge in [-0.15, -0.1) is 0 Å². The average Bonchev–Trinajstić information content (AvgIpc) is 3.07. The minimum Gasteiger partial charge on any atom is -0.256 e. The van der Waals surface area contributed by atoms with Crippen molar-refractivity contribution in [2.24, 2.45) is 16.8 Å². The number of aryl methyl sites for hydroxylation is 1. The first-order valence-electron chi connectivity index (χ1n) is 10.5. The van der Waals surface area contributed by atoms with E-state index in [-0.39, 0.29) is 29.7 Å². The topological polar surface area (TPSA) is 46.5 Å². The summed E-state index contributed by atoms with van der Waals surface area (Å²) in [6, 6.07) is 7.03. The fourth-order valence-electron chi connectivity index (χ4n) is 4.27. The van der Waals surface area contributed by atoms with Crippen molar-refractivity contribution < 1.29 is 21.6 Å². The van der Waals surface area contributed by atoms with E-state index in [0.29, 0.717) is 37.0 Å². The van der Waals surface area contributed by atoms with Crippen LogP contribution in [0, 0.1) is 18.8 Å². The molecule has 166 valence electrons. The number of rotatable bonds is 4. The molecule has 0 bridgehead atoms. The molecule has 0 spiro atoms. The Morgan fingerprint density at radius 3 is 2.17 bits per heavy atom. The molecule has 7 heteroatoms. The van der Waals surface area contributed by atoms with Crippen LogP contribution in [0.1, 0.15) is 64.0 Å². The number of aliphatic imine (C=N–C) groups is 1. The van der Waals surface area contributed by atoms with Crippen LogP contribution in [0.3, 0.4) is 0 Å². The fraction of sp³-hybridized carbons (Fsp3) is 0.609. The molecule has 0 saturated heterocycles. The predicted octanol–water partition coefficient (Wildman–Crippen LogP) is 6.13. The van der Waals surface area contributed by atoms with Crippen LogP contribution in [0.25, 0.3) is 5.70 Å². The highest BCUT2D eigenvalue weighted by Crippen LogP contribution is 2.44. The average molecular weight is 442 g/mol. The monoisotopic (exact) mass is 441 g/mol. The van der Waals surface area contributed by atoms with Crippen molar-refractivity contribution in [2.75, 3.05) is 5.75 Å². The summed E-state index contributed by atoms with van der Waals surface area (Å²) >= 11 is 0. The molecular formula is C23H30F3NO2S. The lowest BCUT2D eigenvalue weighted by molar-refractivity contribution is -0.0917. The number of hydrogen-bond donors (Lipinski definition) is 0. The van der Waals surface area contributed by atoms with Crippen LogP contribution in [0.15, 0.2) is 34.8 Å². The first-order chi connectivity index (χ1) is 13.8. The molecule has 0 atom stereocenters. The van der Waals surface area contributed by atoms with Crippen LogP contribution in [0.2, 0.25) is 0 Å². The van der Waals surface area contributed by atoms with E-state index in [9.17, 15) is 21.6 Å². The summed E-state index contributed by atoms with van der Waals surface area (Å²) in [5.41, 5.74) is 1.38. The lowest BCUT2D eigenvalue weighted by Gasteiger charge is -2.30. The van der Waals surface area contributed by atoms with Crippen LogP contribution in [0.5, 0.6) is 0 Å². The van der Waals surface area contributed by atoms with Gasteiger partial charge in [-0.1, -0.05) is 24.3 Å². The van der Waals surface area contributed by atoms with Gasteiger partial charge in [-0.2, -0.15) is 13.2 Å². The third-order valence-corrected chi connectivity index (χ3v) is 9.12. The SMILES string of the molecule is Cc1ccccc1C1=C(C(F)(F)F)CC(C2CCC(CS(=O)(=O)C(C)(C)C)CC2)=N1. The Balaban J connectivity index is 1.75. The van der Waals surface area contributed by atoms with Gasteiger partial charge in [0, 0.05) is 17.7 Å². The molecule has 30 heavy (non-hydrogen) atoms. The van der Waals surface area contributed by atoms with Gasteiger partial charge in [-0.05, 0) is 70.8 Å². The zero-order chi connectivity index (χ0) is 22.3. The van der Waals surface area contributed by atoms with Crippen molar-refractivity contribution in [3.63, 3.8) is 0 Å². The van der Waals surface area contributed by atoms with Gasteiger partial charge in [0.15, 0.2) is 9.84 Å². The van der Waals surface area contributed by atoms with Crippen LogP contribution >= 0.6 is 0 Å². The minimum atomic E-state index is -4.42. The third kappa shape index (κ3) is 4.82. The molecule has 2 aliphatic rings. The van der Waals surface area contributed by atoms with E-state index < -0.39 is 26.3 Å². The number of sulfone groups is 1. The molecule has 0 unspecified atom stereocenters. The van der Waals surface area contributed by atoms with Crippen LogP contribution < -0.4 is 0 Å². The van der Waals surface area contributed by atoms with Gasteiger partial charge in [0.1, 0.15) is 0 Å². The van der Waals surface area contributed by atoms with E-state index >= 15 is 0 Å². The first kappa shape index (κ1) is 23.0. The van der Waals surface area contributed by atoms with Crippen LogP contribution in [-0.4, -0.2) is 30.8 Å². The van der Waals surface area contributed by atoms with Crippen molar-refractivity contribution in [1.29, 1.82) is 0 Å². The van der Waals surface area contributed by atoms with Gasteiger partial charge in [-0.3, -0.25) is 4.99 Å². The Kier molecular flexibility index (Phi) is 6.25. The number of halogens is 3. The smallest absolute Gasteiger partial charge is 0.256 e. The Morgan fingerprint density at radius 1 is 1.03 bits per heavy atom. The van der Waals surface area contributed by atoms with Gasteiger partial charge >= 0.3 is 6.18 Å². The highest BCUT2D eigenvalue weighted by molar-refractivity contribution is 7.92. The fourth-order valence-corrected chi connectivity index (χ4v) is 5.72. The lowest BCUT2D eigenvalue weighted by Crippen LogP contribution is -2.35. The lowest BCUT2D eigenvalue weighted by atomic mass is 9.79. The summed E-state index contributed by atoms with van der Waals surface area (Å²) in [6.07, 6.45) is -1.78. The molecule has 1 aromatic carbocycles. The van der Waals surface area contributed by atoms with E-state index in [1.54, 1.807) is 52.0 Å². The summed E-state index contributed by atoms with van der Waals surface area (Å²) in [4.78, 5) is 4.49. The van der Waals surface area contributed by atoms with Crippen molar-refractivity contribution in [3.05, 3.63) is 41.0 Å². The Bertz CT molecular complexity index is 961. The van der Waals surface area contributed by atoms with E-state index in [4.69, 9.17) is 0 Å². The summed E-state index contributed by atoms with van der Waals surface area (Å²) in [5.74, 6) is 0.201. The van der Waals surface area contributed by atoms with E-state index in [1.165, 1.54) is 0 Å². The molecule has 3 rings (SSSR count). The summed E-state index contributed by atoms with van der Waals surface area (Å²) < 4.78 is 65.4. The molecule has 3 nitrogen and oxygen atoms in total. The molecule has 1 fully saturated rings. The molecule has 0 radical (unpaired) electrons. The number of hydrogen-bond acceptors (Lipinski definition) is 3. The summed E-state index contributed by atoms with van der Waals surface area (Å²) in [6.45, 7) is 6.92.